The van der Waals surface area contributed by atoms with Gasteiger partial charge in [-0.05, 0) is 104 Å². The van der Waals surface area contributed by atoms with Gasteiger partial charge in [0.2, 0.25) is 0 Å². The Morgan fingerprint density at radius 3 is 0.724 bits per heavy atom. The Kier molecular flexibility index (Phi) is 14.5. The zero-order chi connectivity index (χ0) is 42.6. The SMILES string of the molecule is CC(C)c1cccc(C(C)C)c1N=C1C=C(Nc2c(C(C)C)cccc2C(C)C)C(=Nc2c(C(C)C)cccc2C(C)C)C=C1Nc1c(C(C)C)cccc1C(C)C. The number of anilines is 2. The summed E-state index contributed by atoms with van der Waals surface area (Å²) in [6.45, 7) is 36.5. The van der Waals surface area contributed by atoms with Crippen molar-refractivity contribution < 1.29 is 0 Å². The third-order valence-electron chi connectivity index (χ3n) is 11.5. The number of benzene rings is 4. The first-order chi connectivity index (χ1) is 27.4. The maximum absolute atomic E-state index is 5.74. The molecule has 5 rings (SSSR count). The highest BCUT2D eigenvalue weighted by molar-refractivity contribution is 6.26. The predicted octanol–water partition coefficient (Wildman–Crippen LogP) is 16.5. The second-order valence-corrected chi connectivity index (χ2v) is 18.8. The lowest BCUT2D eigenvalue weighted by Crippen LogP contribution is -2.24. The predicted molar refractivity (Wildman–Crippen MR) is 256 cm³/mol. The van der Waals surface area contributed by atoms with Crippen molar-refractivity contribution in [2.45, 2.75) is 158 Å². The van der Waals surface area contributed by atoms with E-state index < -0.39 is 0 Å². The Morgan fingerprint density at radius 2 is 0.517 bits per heavy atom. The summed E-state index contributed by atoms with van der Waals surface area (Å²) in [6.07, 6.45) is 4.54. The smallest absolute Gasteiger partial charge is 0.0894 e. The first-order valence-electron chi connectivity index (χ1n) is 22.1. The zero-order valence-corrected chi connectivity index (χ0v) is 38.6. The maximum Gasteiger partial charge on any atom is 0.0894 e. The van der Waals surface area contributed by atoms with Crippen LogP contribution in [-0.4, -0.2) is 11.4 Å². The van der Waals surface area contributed by atoms with E-state index in [1.807, 2.05) is 0 Å². The van der Waals surface area contributed by atoms with Gasteiger partial charge in [-0.1, -0.05) is 184 Å². The van der Waals surface area contributed by atoms with Crippen LogP contribution in [-0.2, 0) is 0 Å². The van der Waals surface area contributed by atoms with Gasteiger partial charge in [0, 0.05) is 11.4 Å². The minimum absolute atomic E-state index is 0.309. The van der Waals surface area contributed by atoms with Gasteiger partial charge in [0.25, 0.3) is 0 Å². The minimum Gasteiger partial charge on any atom is -0.353 e. The molecule has 2 N–H and O–H groups in total. The molecule has 0 unspecified atom stereocenters. The van der Waals surface area contributed by atoms with Crippen molar-refractivity contribution in [1.29, 1.82) is 0 Å². The first kappa shape index (κ1) is 44.4. The van der Waals surface area contributed by atoms with Gasteiger partial charge in [-0.15, -0.1) is 0 Å². The number of nitrogens with zero attached hydrogens (tertiary/aromatic N) is 2. The molecule has 1 aliphatic rings. The van der Waals surface area contributed by atoms with Crippen LogP contribution in [0, 0.1) is 0 Å². The molecule has 0 atom stereocenters. The van der Waals surface area contributed by atoms with Crippen LogP contribution in [0.4, 0.5) is 22.7 Å². The lowest BCUT2D eigenvalue weighted by molar-refractivity contribution is 0.834. The van der Waals surface area contributed by atoms with Gasteiger partial charge in [0.05, 0.1) is 34.2 Å². The van der Waals surface area contributed by atoms with E-state index in [4.69, 9.17) is 9.98 Å². The quantitative estimate of drug-likeness (QED) is 0.125. The third kappa shape index (κ3) is 9.76. The molecule has 0 amide bonds. The fraction of sp³-hybridized carbons (Fsp3) is 0.444. The molecule has 0 radical (unpaired) electrons. The van der Waals surface area contributed by atoms with Crippen molar-refractivity contribution in [2.75, 3.05) is 10.6 Å². The first-order valence-corrected chi connectivity index (χ1v) is 22.1. The van der Waals surface area contributed by atoms with Crippen molar-refractivity contribution in [1.82, 2.24) is 0 Å². The van der Waals surface area contributed by atoms with E-state index in [-0.39, 0.29) is 0 Å². The van der Waals surface area contributed by atoms with Crippen LogP contribution < -0.4 is 10.6 Å². The number of para-hydroxylation sites is 4. The van der Waals surface area contributed by atoms with Crippen LogP contribution in [0.25, 0.3) is 0 Å². The van der Waals surface area contributed by atoms with E-state index >= 15 is 0 Å². The Labute approximate surface area is 352 Å². The Morgan fingerprint density at radius 1 is 0.310 bits per heavy atom. The number of aliphatic imine (C=N–C) groups is 2. The lowest BCUT2D eigenvalue weighted by atomic mass is 9.90. The van der Waals surface area contributed by atoms with Gasteiger partial charge in [-0.3, -0.25) is 0 Å². The molecule has 0 heterocycles. The van der Waals surface area contributed by atoms with Crippen molar-refractivity contribution in [3.05, 3.63) is 141 Å². The molecule has 0 bridgehead atoms. The fourth-order valence-electron chi connectivity index (χ4n) is 8.14. The molecule has 0 aliphatic heterocycles. The van der Waals surface area contributed by atoms with Crippen LogP contribution >= 0.6 is 0 Å². The normalized spacial score (nSPS) is 15.0. The van der Waals surface area contributed by atoms with Gasteiger partial charge in [-0.25, -0.2) is 9.98 Å². The van der Waals surface area contributed by atoms with E-state index in [1.54, 1.807) is 0 Å². The standard InChI is InChI=1S/C54H72N4/c1-31(2)39-21-17-22-40(32(3)4)51(39)55-47-29-49(57-53-43(35(9)10)25-19-26-44(53)36(11)12)50(58-54-45(37(13)14)27-20-28-46(54)38(15)16)30-48(47)56-52-41(33(5)6)23-18-24-42(52)34(7)8/h17-38,55,58H,1-16H3. The Bertz CT molecular complexity index is 1940. The van der Waals surface area contributed by atoms with Gasteiger partial charge in [0.1, 0.15) is 0 Å². The van der Waals surface area contributed by atoms with E-state index in [1.165, 1.54) is 44.5 Å². The molecule has 4 heteroatoms. The average Bonchev–Trinajstić information content (AvgIpc) is 3.15. The van der Waals surface area contributed by atoms with Crippen LogP contribution in [0.2, 0.25) is 0 Å². The van der Waals surface area contributed by atoms with Gasteiger partial charge < -0.3 is 10.6 Å². The topological polar surface area (TPSA) is 48.8 Å². The molecular formula is C54H72N4. The van der Waals surface area contributed by atoms with Crippen LogP contribution in [0.15, 0.2) is 106 Å². The van der Waals surface area contributed by atoms with Gasteiger partial charge >= 0.3 is 0 Å². The minimum atomic E-state index is 0.309. The molecule has 0 aromatic heterocycles. The summed E-state index contributed by atoms with van der Waals surface area (Å²) in [4.78, 5) is 11.5. The van der Waals surface area contributed by atoms with Crippen LogP contribution in [0.1, 0.15) is 203 Å². The summed E-state index contributed by atoms with van der Waals surface area (Å²) in [5, 5.41) is 8.12. The molecule has 4 aromatic carbocycles. The largest absolute Gasteiger partial charge is 0.353 e. The molecule has 0 spiro atoms. The highest BCUT2D eigenvalue weighted by Gasteiger charge is 2.26. The highest BCUT2D eigenvalue weighted by atomic mass is 15.0. The van der Waals surface area contributed by atoms with E-state index in [0.29, 0.717) is 47.3 Å². The summed E-state index contributed by atoms with van der Waals surface area (Å²) in [6, 6.07) is 26.9. The molecule has 1 aliphatic carbocycles. The molecule has 308 valence electrons. The third-order valence-corrected chi connectivity index (χ3v) is 11.5. The number of rotatable bonds is 14. The summed E-state index contributed by atoms with van der Waals surface area (Å²) in [7, 11) is 0. The maximum atomic E-state index is 5.74. The molecule has 0 saturated heterocycles. The van der Waals surface area contributed by atoms with Crippen LogP contribution in [0.3, 0.4) is 0 Å². The summed E-state index contributed by atoms with van der Waals surface area (Å²) >= 11 is 0. The molecule has 4 aromatic rings. The van der Waals surface area contributed by atoms with Gasteiger partial charge in [-0.2, -0.15) is 0 Å². The monoisotopic (exact) mass is 777 g/mol. The molecule has 58 heavy (non-hydrogen) atoms. The van der Waals surface area contributed by atoms with E-state index in [0.717, 1.165) is 45.6 Å². The van der Waals surface area contributed by atoms with Crippen LogP contribution in [0.5, 0.6) is 0 Å². The highest BCUT2D eigenvalue weighted by Crippen LogP contribution is 2.41. The van der Waals surface area contributed by atoms with Crippen molar-refractivity contribution in [3.8, 4) is 0 Å². The molecule has 0 fully saturated rings. The van der Waals surface area contributed by atoms with Crippen molar-refractivity contribution >= 4 is 34.2 Å². The number of nitrogens with one attached hydrogen (secondary N) is 2. The van der Waals surface area contributed by atoms with Crippen molar-refractivity contribution in [2.24, 2.45) is 9.98 Å². The number of hydrogen-bond acceptors (Lipinski definition) is 4. The number of hydrogen-bond donors (Lipinski definition) is 2. The Balaban J connectivity index is 1.93. The molecule has 0 saturated carbocycles. The summed E-state index contributed by atoms with van der Waals surface area (Å²) in [5.74, 6) is 2.55. The summed E-state index contributed by atoms with van der Waals surface area (Å²) < 4.78 is 0. The fourth-order valence-corrected chi connectivity index (χ4v) is 8.14. The average molecular weight is 777 g/mol. The Hall–Kier alpha value is -4.70. The van der Waals surface area contributed by atoms with E-state index in [2.05, 4.69) is 206 Å². The second-order valence-electron chi connectivity index (χ2n) is 18.8. The lowest BCUT2D eigenvalue weighted by Gasteiger charge is -2.28. The second kappa shape index (κ2) is 18.9. The molecule has 4 nitrogen and oxygen atoms in total. The zero-order valence-electron chi connectivity index (χ0n) is 38.6. The molecular weight excluding hydrogens is 705 g/mol. The van der Waals surface area contributed by atoms with Crippen molar-refractivity contribution in [3.63, 3.8) is 0 Å². The van der Waals surface area contributed by atoms with E-state index in [9.17, 15) is 0 Å². The number of allylic oxidation sites excluding steroid dienone is 2. The van der Waals surface area contributed by atoms with Gasteiger partial charge in [0.15, 0.2) is 0 Å². The summed E-state index contributed by atoms with van der Waals surface area (Å²) in [5.41, 5.74) is 18.3.